The molecular weight excluding hydrogens is 468 g/mol. The summed E-state index contributed by atoms with van der Waals surface area (Å²) in [5.74, 6) is 1.98. The van der Waals surface area contributed by atoms with Gasteiger partial charge in [-0.15, -0.1) is 0 Å². The first-order chi connectivity index (χ1) is 16.4. The molecule has 0 aliphatic heterocycles. The van der Waals surface area contributed by atoms with Gasteiger partial charge in [0.25, 0.3) is 10.0 Å². The number of hydrogen-bond donors (Lipinski definition) is 1. The van der Waals surface area contributed by atoms with E-state index in [-0.39, 0.29) is 17.3 Å². The third-order valence-corrected chi connectivity index (χ3v) is 8.00. The summed E-state index contributed by atoms with van der Waals surface area (Å²) in [7, 11) is -2.42. The van der Waals surface area contributed by atoms with Gasteiger partial charge in [-0.25, -0.2) is 8.42 Å². The number of methoxy groups -OCH3 is 1. The molecule has 0 aliphatic rings. The minimum Gasteiger partial charge on any atom is -0.497 e. The van der Waals surface area contributed by atoms with Gasteiger partial charge in [-0.2, -0.15) is 11.8 Å². The van der Waals surface area contributed by atoms with E-state index in [1.54, 1.807) is 42.5 Å². The van der Waals surface area contributed by atoms with Gasteiger partial charge in [0, 0.05) is 18.4 Å². The van der Waals surface area contributed by atoms with E-state index in [1.165, 1.54) is 30.4 Å². The first kappa shape index (κ1) is 25.6. The number of anilines is 1. The van der Waals surface area contributed by atoms with E-state index < -0.39 is 10.0 Å². The van der Waals surface area contributed by atoms with Crippen LogP contribution in [0.1, 0.15) is 17.5 Å². The number of nitrogens with one attached hydrogen (secondary N) is 1. The maximum absolute atomic E-state index is 13.3. The Morgan fingerprint density at radius 1 is 1.00 bits per heavy atom. The fourth-order valence-electron chi connectivity index (χ4n) is 3.38. The average Bonchev–Trinajstić information content (AvgIpc) is 2.85. The number of ether oxygens (including phenoxy) is 1. The minimum absolute atomic E-state index is 0.123. The summed E-state index contributed by atoms with van der Waals surface area (Å²) in [5.41, 5.74) is 2.90. The van der Waals surface area contributed by atoms with E-state index in [9.17, 15) is 13.2 Å². The number of carbonyl (C=O) groups excluding carboxylic acids is 1. The zero-order valence-electron chi connectivity index (χ0n) is 19.4. The molecule has 0 aliphatic carbocycles. The summed E-state index contributed by atoms with van der Waals surface area (Å²) in [6, 6.07) is 23.2. The zero-order valence-corrected chi connectivity index (χ0v) is 21.1. The summed E-state index contributed by atoms with van der Waals surface area (Å²) < 4.78 is 33.0. The topological polar surface area (TPSA) is 75.7 Å². The zero-order chi connectivity index (χ0) is 24.4. The van der Waals surface area contributed by atoms with E-state index in [0.717, 1.165) is 22.2 Å². The van der Waals surface area contributed by atoms with E-state index in [1.807, 2.05) is 11.8 Å². The Bertz CT molecular complexity index is 1180. The second-order valence-electron chi connectivity index (χ2n) is 7.77. The largest absolute Gasteiger partial charge is 0.497 e. The number of carbonyl (C=O) groups is 1. The molecule has 0 radical (unpaired) electrons. The van der Waals surface area contributed by atoms with Gasteiger partial charge in [0.2, 0.25) is 5.91 Å². The van der Waals surface area contributed by atoms with Gasteiger partial charge in [-0.05, 0) is 48.9 Å². The predicted octanol–water partition coefficient (Wildman–Crippen LogP) is 4.64. The van der Waals surface area contributed by atoms with Crippen LogP contribution in [0.25, 0.3) is 0 Å². The van der Waals surface area contributed by atoms with Crippen LogP contribution < -0.4 is 14.4 Å². The number of rotatable bonds is 12. The van der Waals surface area contributed by atoms with Crippen molar-refractivity contribution in [3.63, 3.8) is 0 Å². The Morgan fingerprint density at radius 3 is 2.50 bits per heavy atom. The van der Waals surface area contributed by atoms with Crippen molar-refractivity contribution < 1.29 is 17.9 Å². The van der Waals surface area contributed by atoms with Crippen LogP contribution in [0.5, 0.6) is 5.75 Å². The molecule has 3 aromatic carbocycles. The highest BCUT2D eigenvalue weighted by Crippen LogP contribution is 2.26. The molecule has 6 nitrogen and oxygen atoms in total. The molecule has 0 saturated carbocycles. The number of aryl methyl sites for hydroxylation is 1. The van der Waals surface area contributed by atoms with Crippen LogP contribution >= 0.6 is 11.8 Å². The second kappa shape index (κ2) is 12.5. The van der Waals surface area contributed by atoms with Gasteiger partial charge < -0.3 is 10.1 Å². The Labute approximate surface area is 206 Å². The summed E-state index contributed by atoms with van der Waals surface area (Å²) in [4.78, 5) is 12.8. The Morgan fingerprint density at radius 2 is 1.76 bits per heavy atom. The van der Waals surface area contributed by atoms with Crippen molar-refractivity contribution in [1.82, 2.24) is 5.32 Å². The Kier molecular flexibility index (Phi) is 9.42. The van der Waals surface area contributed by atoms with Crippen LogP contribution in [-0.4, -0.2) is 40.3 Å². The van der Waals surface area contributed by atoms with Crippen molar-refractivity contribution >= 4 is 33.4 Å². The van der Waals surface area contributed by atoms with Crippen molar-refractivity contribution in [3.05, 3.63) is 90.0 Å². The van der Waals surface area contributed by atoms with Gasteiger partial charge in [0.15, 0.2) is 0 Å². The lowest BCUT2D eigenvalue weighted by atomic mass is 10.2. The maximum Gasteiger partial charge on any atom is 0.264 e. The third kappa shape index (κ3) is 7.27. The molecule has 0 heterocycles. The van der Waals surface area contributed by atoms with Gasteiger partial charge >= 0.3 is 0 Å². The first-order valence-electron chi connectivity index (χ1n) is 11.0. The molecule has 0 saturated heterocycles. The molecule has 1 amide bonds. The van der Waals surface area contributed by atoms with Gasteiger partial charge in [-0.3, -0.25) is 9.10 Å². The molecule has 0 atom stereocenters. The van der Waals surface area contributed by atoms with Gasteiger partial charge in [0.05, 0.1) is 17.7 Å². The highest BCUT2D eigenvalue weighted by Gasteiger charge is 2.27. The Balaban J connectivity index is 1.59. The highest BCUT2D eigenvalue weighted by atomic mass is 32.2. The molecule has 8 heteroatoms. The molecule has 0 spiro atoms. The number of nitrogens with zero attached hydrogens (tertiary/aromatic N) is 1. The molecule has 0 fully saturated rings. The molecule has 1 N–H and O–H groups in total. The maximum atomic E-state index is 13.3. The van der Waals surface area contributed by atoms with Gasteiger partial charge in [0.1, 0.15) is 12.3 Å². The number of hydrogen-bond acceptors (Lipinski definition) is 5. The van der Waals surface area contributed by atoms with E-state index in [4.69, 9.17) is 4.74 Å². The van der Waals surface area contributed by atoms with Crippen molar-refractivity contribution in [1.29, 1.82) is 0 Å². The summed E-state index contributed by atoms with van der Waals surface area (Å²) >= 11 is 1.81. The standard InChI is InChI=1S/C26H30N2O4S2/c1-21-9-6-10-22(17-21)20-33-16-8-15-27-26(29)19-28(23-11-7-12-24(18-23)32-2)34(30,31)25-13-4-3-5-14-25/h3-7,9-14,17-18H,8,15-16,19-20H2,1-2H3,(H,27,29). The monoisotopic (exact) mass is 498 g/mol. The average molecular weight is 499 g/mol. The van der Waals surface area contributed by atoms with E-state index in [0.29, 0.717) is 18.0 Å². The summed E-state index contributed by atoms with van der Waals surface area (Å²) in [5, 5.41) is 2.85. The van der Waals surface area contributed by atoms with Crippen LogP contribution in [0.2, 0.25) is 0 Å². The van der Waals surface area contributed by atoms with Gasteiger partial charge in [-0.1, -0.05) is 54.1 Å². The van der Waals surface area contributed by atoms with Crippen LogP contribution in [0.4, 0.5) is 5.69 Å². The lowest BCUT2D eigenvalue weighted by Gasteiger charge is -2.24. The number of sulfonamides is 1. The van der Waals surface area contributed by atoms with Crippen molar-refractivity contribution in [2.24, 2.45) is 0 Å². The fourth-order valence-corrected chi connectivity index (χ4v) is 5.72. The van der Waals surface area contributed by atoms with Crippen LogP contribution in [0.3, 0.4) is 0 Å². The molecular formula is C26H30N2O4S2. The molecule has 34 heavy (non-hydrogen) atoms. The molecule has 0 unspecified atom stereocenters. The number of benzene rings is 3. The van der Waals surface area contributed by atoms with Crippen LogP contribution in [0.15, 0.2) is 83.8 Å². The van der Waals surface area contributed by atoms with Crippen molar-refractivity contribution in [3.8, 4) is 5.75 Å². The number of thioether (sulfide) groups is 1. The summed E-state index contributed by atoms with van der Waals surface area (Å²) in [6.07, 6.45) is 0.798. The minimum atomic E-state index is -3.93. The lowest BCUT2D eigenvalue weighted by molar-refractivity contribution is -0.119. The lowest BCUT2D eigenvalue weighted by Crippen LogP contribution is -2.41. The SMILES string of the molecule is COc1cccc(N(CC(=O)NCCCSCc2cccc(C)c2)S(=O)(=O)c2ccccc2)c1. The van der Waals surface area contributed by atoms with E-state index in [2.05, 4.69) is 36.5 Å². The molecule has 3 rings (SSSR count). The molecule has 0 bridgehead atoms. The van der Waals surface area contributed by atoms with Crippen molar-refractivity contribution in [2.75, 3.05) is 30.3 Å². The fraction of sp³-hybridized carbons (Fsp3) is 0.269. The van der Waals surface area contributed by atoms with Crippen molar-refractivity contribution in [2.45, 2.75) is 24.0 Å². The smallest absolute Gasteiger partial charge is 0.264 e. The highest BCUT2D eigenvalue weighted by molar-refractivity contribution is 7.98. The quantitative estimate of drug-likeness (QED) is 0.368. The second-order valence-corrected chi connectivity index (χ2v) is 10.7. The third-order valence-electron chi connectivity index (χ3n) is 5.10. The number of amides is 1. The van der Waals surface area contributed by atoms with Crippen LogP contribution in [-0.2, 0) is 20.6 Å². The predicted molar refractivity (Wildman–Crippen MR) is 139 cm³/mol. The first-order valence-corrected chi connectivity index (χ1v) is 13.6. The normalized spacial score (nSPS) is 11.1. The molecule has 0 aromatic heterocycles. The van der Waals surface area contributed by atoms with Crippen LogP contribution in [0, 0.1) is 6.92 Å². The van der Waals surface area contributed by atoms with E-state index >= 15 is 0 Å². The molecule has 3 aromatic rings. The Hall–Kier alpha value is -2.97. The summed E-state index contributed by atoms with van der Waals surface area (Å²) in [6.45, 7) is 2.24. The molecule has 180 valence electrons.